The van der Waals surface area contributed by atoms with E-state index < -0.39 is 6.04 Å². The quantitative estimate of drug-likeness (QED) is 0.777. The molecule has 0 fully saturated rings. The number of anilines is 3. The number of nitrogens with two attached hydrogens (primary N) is 1. The van der Waals surface area contributed by atoms with Gasteiger partial charge in [0.2, 0.25) is 11.9 Å². The number of likely N-dealkylation sites (N-methyl/N-ethyl adjacent to an activating group) is 1. The first-order valence-electron chi connectivity index (χ1n) is 5.66. The predicted molar refractivity (Wildman–Crippen MR) is 68.5 cm³/mol. The van der Waals surface area contributed by atoms with Crippen molar-refractivity contribution in [3.63, 3.8) is 0 Å². The maximum Gasteiger partial charge on any atom is 0.249 e. The number of nitrogens with zero attached hydrogens (tertiary/aromatic N) is 3. The zero-order valence-corrected chi connectivity index (χ0v) is 10.9. The van der Waals surface area contributed by atoms with E-state index in [2.05, 4.69) is 15.3 Å². The van der Waals surface area contributed by atoms with Crippen LogP contribution in [0.25, 0.3) is 0 Å². The number of carbonyl (C=O) groups is 1. The average Bonchev–Trinajstić information content (AvgIpc) is 2.30. The van der Waals surface area contributed by atoms with Crippen LogP contribution in [0.2, 0.25) is 0 Å². The lowest BCUT2D eigenvalue weighted by molar-refractivity contribution is -0.120. The lowest BCUT2D eigenvalue weighted by Crippen LogP contribution is -2.53. The Labute approximate surface area is 105 Å². The van der Waals surface area contributed by atoms with Crippen molar-refractivity contribution in [2.24, 2.45) is 0 Å². The van der Waals surface area contributed by atoms with E-state index in [-0.39, 0.29) is 18.0 Å². The minimum absolute atomic E-state index is 0.129. The number of fused-ring (bicyclic) bond motifs is 1. The number of ether oxygens (including phenoxy) is 1. The minimum Gasteiger partial charge on any atom is -0.379 e. The minimum atomic E-state index is -0.434. The molecule has 0 spiro atoms. The van der Waals surface area contributed by atoms with Crippen LogP contribution in [0.4, 0.5) is 17.5 Å². The van der Waals surface area contributed by atoms with Gasteiger partial charge in [-0.05, 0) is 13.8 Å². The highest BCUT2D eigenvalue weighted by molar-refractivity contribution is 6.03. The van der Waals surface area contributed by atoms with E-state index >= 15 is 0 Å². The van der Waals surface area contributed by atoms with E-state index in [4.69, 9.17) is 10.5 Å². The number of carbonyl (C=O) groups excluding carboxylic acids is 1. The molecule has 1 aromatic heterocycles. The second-order valence-corrected chi connectivity index (χ2v) is 4.35. The molecule has 0 radical (unpaired) electrons. The van der Waals surface area contributed by atoms with Gasteiger partial charge in [-0.25, -0.2) is 4.98 Å². The Morgan fingerprint density at radius 1 is 1.50 bits per heavy atom. The molecule has 7 heteroatoms. The van der Waals surface area contributed by atoms with Crippen LogP contribution in [0.3, 0.4) is 0 Å². The van der Waals surface area contributed by atoms with Crippen molar-refractivity contribution in [3.8, 4) is 0 Å². The monoisotopic (exact) mass is 251 g/mol. The maximum atomic E-state index is 12.1. The van der Waals surface area contributed by atoms with Crippen molar-refractivity contribution in [2.75, 3.05) is 30.1 Å². The summed E-state index contributed by atoms with van der Waals surface area (Å²) in [5.74, 6) is 0.683. The van der Waals surface area contributed by atoms with E-state index in [1.165, 1.54) is 0 Å². The molecule has 1 aliphatic heterocycles. The molecule has 1 amide bonds. The Kier molecular flexibility index (Phi) is 3.08. The fourth-order valence-corrected chi connectivity index (χ4v) is 2.14. The third-order valence-electron chi connectivity index (χ3n) is 3.17. The molecular weight excluding hydrogens is 234 g/mol. The summed E-state index contributed by atoms with van der Waals surface area (Å²) in [5.41, 5.74) is 6.90. The standard InChI is InChI=1S/C11H17N5O2/c1-5-7-9(15-11(12)13-5)16(3)8(6(2)18-4)10(17)14-7/h6,8H,1-4H3,(H,14,17)(H2,12,13,15)/t6-,8+/m1/s1. The molecule has 0 unspecified atom stereocenters. The highest BCUT2D eigenvalue weighted by Gasteiger charge is 2.36. The van der Waals surface area contributed by atoms with Crippen LogP contribution in [0.1, 0.15) is 12.6 Å². The second kappa shape index (κ2) is 4.41. The van der Waals surface area contributed by atoms with E-state index in [0.29, 0.717) is 17.2 Å². The summed E-state index contributed by atoms with van der Waals surface area (Å²) in [5, 5.41) is 2.81. The van der Waals surface area contributed by atoms with E-state index in [1.807, 2.05) is 6.92 Å². The van der Waals surface area contributed by atoms with Crippen molar-refractivity contribution in [3.05, 3.63) is 5.69 Å². The molecule has 0 bridgehead atoms. The van der Waals surface area contributed by atoms with Crippen LogP contribution >= 0.6 is 0 Å². The van der Waals surface area contributed by atoms with E-state index in [9.17, 15) is 4.79 Å². The molecule has 3 N–H and O–H groups in total. The molecule has 0 saturated heterocycles. The van der Waals surface area contributed by atoms with Crippen LogP contribution in [0.5, 0.6) is 0 Å². The summed E-state index contributed by atoms with van der Waals surface area (Å²) in [6.45, 7) is 3.62. The molecule has 2 atom stereocenters. The van der Waals surface area contributed by atoms with Crippen molar-refractivity contribution < 1.29 is 9.53 Å². The summed E-state index contributed by atoms with van der Waals surface area (Å²) in [4.78, 5) is 22.1. The van der Waals surface area contributed by atoms with Gasteiger partial charge in [-0.15, -0.1) is 0 Å². The number of aryl methyl sites for hydroxylation is 1. The summed E-state index contributed by atoms with van der Waals surface area (Å²) in [6, 6.07) is -0.434. The molecule has 0 aliphatic carbocycles. The molecule has 2 rings (SSSR count). The fraction of sp³-hybridized carbons (Fsp3) is 0.545. The lowest BCUT2D eigenvalue weighted by atomic mass is 10.1. The molecular formula is C11H17N5O2. The number of amides is 1. The number of aromatic nitrogens is 2. The second-order valence-electron chi connectivity index (χ2n) is 4.35. The molecule has 1 aromatic rings. The van der Waals surface area contributed by atoms with Gasteiger partial charge in [-0.2, -0.15) is 4.98 Å². The lowest BCUT2D eigenvalue weighted by Gasteiger charge is -2.37. The molecule has 18 heavy (non-hydrogen) atoms. The average molecular weight is 251 g/mol. The summed E-state index contributed by atoms with van der Waals surface area (Å²) >= 11 is 0. The van der Waals surface area contributed by atoms with Gasteiger partial charge < -0.3 is 20.7 Å². The zero-order chi connectivity index (χ0) is 13.4. The zero-order valence-electron chi connectivity index (χ0n) is 10.9. The fourth-order valence-electron chi connectivity index (χ4n) is 2.14. The molecule has 0 aromatic carbocycles. The van der Waals surface area contributed by atoms with Gasteiger partial charge in [0.15, 0.2) is 5.82 Å². The number of nitrogen functional groups attached to an aromatic ring is 1. The smallest absolute Gasteiger partial charge is 0.249 e. The molecule has 0 saturated carbocycles. The van der Waals surface area contributed by atoms with Gasteiger partial charge in [0, 0.05) is 14.2 Å². The SMILES string of the molecule is CO[C@H](C)[C@H]1C(=O)Nc2c(C)nc(N)nc2N1C. The van der Waals surface area contributed by atoms with E-state index in [1.54, 1.807) is 26.0 Å². The van der Waals surface area contributed by atoms with Crippen LogP contribution in [0.15, 0.2) is 0 Å². The molecule has 1 aliphatic rings. The first-order valence-corrected chi connectivity index (χ1v) is 5.66. The number of hydrogen-bond acceptors (Lipinski definition) is 6. The number of rotatable bonds is 2. The summed E-state index contributed by atoms with van der Waals surface area (Å²) < 4.78 is 5.23. The highest BCUT2D eigenvalue weighted by atomic mass is 16.5. The Bertz CT molecular complexity index is 491. The molecule has 7 nitrogen and oxygen atoms in total. The number of nitrogens with one attached hydrogen (secondary N) is 1. The maximum absolute atomic E-state index is 12.1. The summed E-state index contributed by atoms with van der Waals surface area (Å²) in [6.07, 6.45) is -0.250. The third-order valence-corrected chi connectivity index (χ3v) is 3.17. The van der Waals surface area contributed by atoms with Gasteiger partial charge in [0.1, 0.15) is 11.7 Å². The first kappa shape index (κ1) is 12.6. The Morgan fingerprint density at radius 3 is 2.78 bits per heavy atom. The van der Waals surface area contributed by atoms with Crippen LogP contribution in [-0.2, 0) is 9.53 Å². The van der Waals surface area contributed by atoms with Crippen molar-refractivity contribution >= 4 is 23.4 Å². The topological polar surface area (TPSA) is 93.4 Å². The van der Waals surface area contributed by atoms with Crippen molar-refractivity contribution in [1.29, 1.82) is 0 Å². The van der Waals surface area contributed by atoms with Crippen molar-refractivity contribution in [2.45, 2.75) is 26.0 Å². The molecule has 98 valence electrons. The highest BCUT2D eigenvalue weighted by Crippen LogP contribution is 2.32. The Morgan fingerprint density at radius 2 is 2.17 bits per heavy atom. The first-order chi connectivity index (χ1) is 8.45. The van der Waals surface area contributed by atoms with Gasteiger partial charge in [0.05, 0.1) is 11.8 Å². The van der Waals surface area contributed by atoms with Gasteiger partial charge in [-0.1, -0.05) is 0 Å². The number of methoxy groups -OCH3 is 1. The van der Waals surface area contributed by atoms with Crippen LogP contribution in [-0.4, -0.2) is 42.2 Å². The Hall–Kier alpha value is -1.89. The third kappa shape index (κ3) is 1.86. The van der Waals surface area contributed by atoms with Gasteiger partial charge in [0.25, 0.3) is 0 Å². The van der Waals surface area contributed by atoms with Crippen LogP contribution in [0, 0.1) is 6.92 Å². The number of hydrogen-bond donors (Lipinski definition) is 2. The van der Waals surface area contributed by atoms with Crippen molar-refractivity contribution in [1.82, 2.24) is 9.97 Å². The van der Waals surface area contributed by atoms with E-state index in [0.717, 1.165) is 0 Å². The van der Waals surface area contributed by atoms with Crippen LogP contribution < -0.4 is 16.0 Å². The normalized spacial score (nSPS) is 20.3. The predicted octanol–water partition coefficient (Wildman–Crippen LogP) is 0.159. The summed E-state index contributed by atoms with van der Waals surface area (Å²) in [7, 11) is 3.37. The van der Waals surface area contributed by atoms with Gasteiger partial charge in [-0.3, -0.25) is 4.79 Å². The largest absolute Gasteiger partial charge is 0.379 e. The van der Waals surface area contributed by atoms with Gasteiger partial charge >= 0.3 is 0 Å². The molecule has 2 heterocycles. The Balaban J connectivity index is 2.49.